The van der Waals surface area contributed by atoms with Crippen LogP contribution in [0.15, 0.2) is 0 Å². The fourth-order valence-electron chi connectivity index (χ4n) is 0.747. The van der Waals surface area contributed by atoms with E-state index >= 15 is 0 Å². The maximum Gasteiger partial charge on any atom is 0.193 e. The summed E-state index contributed by atoms with van der Waals surface area (Å²) in [6, 6.07) is 0. The van der Waals surface area contributed by atoms with Gasteiger partial charge >= 0.3 is 0 Å². The average Bonchev–Trinajstić information content (AvgIpc) is 1.97. The first-order chi connectivity index (χ1) is 6.12. The van der Waals surface area contributed by atoms with E-state index in [0.29, 0.717) is 0 Å². The molecule has 4 heteroatoms. The van der Waals surface area contributed by atoms with Crippen molar-refractivity contribution in [3.8, 4) is 0 Å². The molecule has 0 rings (SSSR count). The summed E-state index contributed by atoms with van der Waals surface area (Å²) in [4.78, 5) is 10.8. The highest BCUT2D eigenvalue weighted by Gasteiger charge is 2.39. The van der Waals surface area contributed by atoms with Gasteiger partial charge in [0.2, 0.25) is 0 Å². The predicted octanol–water partition coefficient (Wildman–Crippen LogP) is 3.20. The molecule has 0 amide bonds. The van der Waals surface area contributed by atoms with Crippen molar-refractivity contribution in [2.75, 3.05) is 0 Å². The summed E-state index contributed by atoms with van der Waals surface area (Å²) in [6.45, 7) is 12.4. The Hall–Kier alpha value is 0.137. The Kier molecular flexibility index (Phi) is 4.82. The second-order valence-corrected chi connectivity index (χ2v) is 10.6. The van der Waals surface area contributed by atoms with Gasteiger partial charge < -0.3 is 9.22 Å². The SMILES string of the molecule is C[C@@H](Cl)[C@H](C=O)O[Si](C)(C)C(C)(C)C. The number of rotatable bonds is 4. The molecular weight excluding hydrogens is 216 g/mol. The van der Waals surface area contributed by atoms with Crippen molar-refractivity contribution in [1.82, 2.24) is 0 Å². The molecule has 84 valence electrons. The molecule has 0 N–H and O–H groups in total. The molecule has 0 radical (unpaired) electrons. The van der Waals surface area contributed by atoms with Crippen molar-refractivity contribution in [2.24, 2.45) is 0 Å². The zero-order valence-electron chi connectivity index (χ0n) is 9.93. The van der Waals surface area contributed by atoms with E-state index in [1.807, 2.05) is 0 Å². The van der Waals surface area contributed by atoms with Crippen LogP contribution in [0.1, 0.15) is 27.7 Å². The van der Waals surface area contributed by atoms with Crippen LogP contribution in [-0.4, -0.2) is 26.1 Å². The summed E-state index contributed by atoms with van der Waals surface area (Å²) in [6.07, 6.45) is 0.329. The summed E-state index contributed by atoms with van der Waals surface area (Å²) in [5.41, 5.74) is 0. The molecule has 14 heavy (non-hydrogen) atoms. The Morgan fingerprint density at radius 3 is 2.00 bits per heavy atom. The van der Waals surface area contributed by atoms with E-state index < -0.39 is 14.4 Å². The lowest BCUT2D eigenvalue weighted by molar-refractivity contribution is -0.114. The first-order valence-corrected chi connectivity index (χ1v) is 8.23. The second kappa shape index (κ2) is 4.77. The third-order valence-electron chi connectivity index (χ3n) is 2.82. The molecule has 0 aliphatic carbocycles. The summed E-state index contributed by atoms with van der Waals surface area (Å²) in [7, 11) is -1.87. The molecule has 2 nitrogen and oxygen atoms in total. The molecule has 0 aromatic rings. The molecular formula is C10H21ClO2Si. The van der Waals surface area contributed by atoms with Crippen LogP contribution < -0.4 is 0 Å². The topological polar surface area (TPSA) is 26.3 Å². The van der Waals surface area contributed by atoms with Crippen molar-refractivity contribution in [2.45, 2.75) is 57.3 Å². The molecule has 0 fully saturated rings. The van der Waals surface area contributed by atoms with Gasteiger partial charge in [-0.25, -0.2) is 0 Å². The van der Waals surface area contributed by atoms with Gasteiger partial charge in [-0.3, -0.25) is 0 Å². The van der Waals surface area contributed by atoms with Gasteiger partial charge in [-0.05, 0) is 25.1 Å². The van der Waals surface area contributed by atoms with Crippen LogP contribution in [0.2, 0.25) is 18.1 Å². The molecule has 0 aromatic carbocycles. The number of aldehydes is 1. The standard InChI is InChI=1S/C10H21ClO2Si/c1-8(11)9(7-12)13-14(5,6)10(2,3)4/h7-9H,1-6H3/t8-,9+/m1/s1. The highest BCUT2D eigenvalue weighted by Crippen LogP contribution is 2.37. The van der Waals surface area contributed by atoms with Crippen LogP contribution in [-0.2, 0) is 9.22 Å². The minimum absolute atomic E-state index is 0.111. The van der Waals surface area contributed by atoms with E-state index in [1.165, 1.54) is 0 Å². The van der Waals surface area contributed by atoms with Crippen molar-refractivity contribution >= 4 is 26.2 Å². The van der Waals surface area contributed by atoms with Crippen molar-refractivity contribution in [1.29, 1.82) is 0 Å². The van der Waals surface area contributed by atoms with Crippen molar-refractivity contribution < 1.29 is 9.22 Å². The summed E-state index contributed by atoms with van der Waals surface area (Å²) < 4.78 is 5.85. The minimum atomic E-state index is -1.87. The number of carbonyl (C=O) groups is 1. The quantitative estimate of drug-likeness (QED) is 0.426. The van der Waals surface area contributed by atoms with Crippen LogP contribution in [0.3, 0.4) is 0 Å². The number of halogens is 1. The zero-order chi connectivity index (χ0) is 11.6. The maximum absolute atomic E-state index is 10.8. The molecule has 0 saturated carbocycles. The lowest BCUT2D eigenvalue weighted by Gasteiger charge is -2.38. The molecule has 0 aliphatic heterocycles. The van der Waals surface area contributed by atoms with E-state index in [4.69, 9.17) is 16.0 Å². The van der Waals surface area contributed by atoms with Gasteiger partial charge in [0.25, 0.3) is 0 Å². The van der Waals surface area contributed by atoms with Crippen LogP contribution in [0.4, 0.5) is 0 Å². The van der Waals surface area contributed by atoms with E-state index in [-0.39, 0.29) is 10.4 Å². The van der Waals surface area contributed by atoms with E-state index in [2.05, 4.69) is 33.9 Å². The third-order valence-corrected chi connectivity index (χ3v) is 7.55. The molecule has 0 heterocycles. The van der Waals surface area contributed by atoms with Gasteiger partial charge in [0.05, 0.1) is 5.38 Å². The summed E-state index contributed by atoms with van der Waals surface area (Å²) in [5, 5.41) is -0.151. The lowest BCUT2D eigenvalue weighted by Crippen LogP contribution is -2.46. The fourth-order valence-corrected chi connectivity index (χ4v) is 2.24. The summed E-state index contributed by atoms with van der Waals surface area (Å²) in [5.74, 6) is 0. The number of hydrogen-bond acceptors (Lipinski definition) is 2. The van der Waals surface area contributed by atoms with Crippen LogP contribution in [0.25, 0.3) is 0 Å². The van der Waals surface area contributed by atoms with Gasteiger partial charge in [0.1, 0.15) is 12.4 Å². The molecule has 0 aliphatic rings. The van der Waals surface area contributed by atoms with E-state index in [0.717, 1.165) is 6.29 Å². The third kappa shape index (κ3) is 3.71. The van der Waals surface area contributed by atoms with Crippen LogP contribution >= 0.6 is 11.6 Å². The smallest absolute Gasteiger partial charge is 0.193 e. The van der Waals surface area contributed by atoms with Gasteiger partial charge in [-0.1, -0.05) is 20.8 Å². The average molecular weight is 237 g/mol. The van der Waals surface area contributed by atoms with E-state index in [1.54, 1.807) is 6.92 Å². The minimum Gasteiger partial charge on any atom is -0.406 e. The first kappa shape index (κ1) is 14.1. The number of alkyl halides is 1. The predicted molar refractivity (Wildman–Crippen MR) is 63.4 cm³/mol. The Morgan fingerprint density at radius 2 is 1.79 bits per heavy atom. The Bertz CT molecular complexity index is 197. The van der Waals surface area contributed by atoms with E-state index in [9.17, 15) is 4.79 Å². The molecule has 0 aromatic heterocycles. The highest BCUT2D eigenvalue weighted by molar-refractivity contribution is 6.74. The molecule has 0 unspecified atom stereocenters. The molecule has 0 spiro atoms. The van der Waals surface area contributed by atoms with Crippen molar-refractivity contribution in [3.63, 3.8) is 0 Å². The highest BCUT2D eigenvalue weighted by atomic mass is 35.5. The van der Waals surface area contributed by atoms with Gasteiger partial charge in [-0.2, -0.15) is 0 Å². The van der Waals surface area contributed by atoms with Gasteiger partial charge in [0, 0.05) is 0 Å². The zero-order valence-corrected chi connectivity index (χ0v) is 11.7. The molecule has 2 atom stereocenters. The van der Waals surface area contributed by atoms with Crippen LogP contribution in [0.5, 0.6) is 0 Å². The fraction of sp³-hybridized carbons (Fsp3) is 0.900. The largest absolute Gasteiger partial charge is 0.406 e. The molecule has 0 bridgehead atoms. The first-order valence-electron chi connectivity index (χ1n) is 4.89. The second-order valence-electron chi connectivity index (χ2n) is 5.16. The Morgan fingerprint density at radius 1 is 1.36 bits per heavy atom. The van der Waals surface area contributed by atoms with Gasteiger partial charge in [0.15, 0.2) is 8.32 Å². The lowest BCUT2D eigenvalue weighted by atomic mass is 10.2. The molecule has 0 saturated heterocycles. The monoisotopic (exact) mass is 236 g/mol. The maximum atomic E-state index is 10.8. The van der Waals surface area contributed by atoms with Gasteiger partial charge in [-0.15, -0.1) is 11.6 Å². The Balaban J connectivity index is 4.56. The normalized spacial score (nSPS) is 17.6. The number of carbonyl (C=O) groups excluding carboxylic acids is 1. The Labute approximate surface area is 93.1 Å². The van der Waals surface area contributed by atoms with Crippen LogP contribution in [0, 0.1) is 0 Å². The number of hydrogen-bond donors (Lipinski definition) is 0. The summed E-state index contributed by atoms with van der Waals surface area (Å²) >= 11 is 5.87. The van der Waals surface area contributed by atoms with Crippen molar-refractivity contribution in [3.05, 3.63) is 0 Å².